The molecule has 1 aromatic carbocycles. The third kappa shape index (κ3) is 3.16. The Morgan fingerprint density at radius 1 is 1.07 bits per heavy atom. The number of nitrogens with one attached hydrogen (secondary N) is 1. The second-order valence-corrected chi connectivity index (χ2v) is 7.09. The molecule has 3 heterocycles. The number of aromatic amines is 1. The maximum atomic E-state index is 12.5. The highest BCUT2D eigenvalue weighted by atomic mass is 16.1. The lowest BCUT2D eigenvalue weighted by Gasteiger charge is -2.17. The normalized spacial score (nSPS) is 11.7. The topological polar surface area (TPSA) is 85.6 Å². The molecule has 0 fully saturated rings. The number of aryl methyl sites for hydroxylation is 1. The fourth-order valence-corrected chi connectivity index (χ4v) is 3.32. The number of nitrogens with zero attached hydrogens (tertiary/aromatic N) is 4. The van der Waals surface area contributed by atoms with Crippen LogP contribution in [-0.2, 0) is 13.1 Å². The number of H-pyrrole nitrogens is 1. The summed E-state index contributed by atoms with van der Waals surface area (Å²) in [5, 5.41) is 0.595. The van der Waals surface area contributed by atoms with Crippen LogP contribution in [0, 0.1) is 5.92 Å². The molecule has 0 aliphatic rings. The number of pyridine rings is 1. The van der Waals surface area contributed by atoms with Crippen LogP contribution in [0.25, 0.3) is 21.9 Å². The van der Waals surface area contributed by atoms with Crippen LogP contribution >= 0.6 is 0 Å². The molecule has 0 spiro atoms. The Bertz CT molecular complexity index is 1230. The van der Waals surface area contributed by atoms with E-state index in [-0.39, 0.29) is 17.8 Å². The van der Waals surface area contributed by atoms with E-state index in [1.54, 1.807) is 29.1 Å². The largest absolute Gasteiger partial charge is 0.327 e. The van der Waals surface area contributed by atoms with Crippen molar-refractivity contribution in [2.24, 2.45) is 5.92 Å². The second kappa shape index (κ2) is 6.83. The van der Waals surface area contributed by atoms with Crippen LogP contribution in [0.1, 0.15) is 26.1 Å². The van der Waals surface area contributed by atoms with E-state index in [1.165, 1.54) is 0 Å². The van der Waals surface area contributed by atoms with Gasteiger partial charge in [-0.3, -0.25) is 14.3 Å². The highest BCUT2D eigenvalue weighted by Gasteiger charge is 2.14. The monoisotopic (exact) mass is 363 g/mol. The number of hydrogen-bond donors (Lipinski definition) is 1. The summed E-state index contributed by atoms with van der Waals surface area (Å²) in [6.45, 7) is 5.26. The fraction of sp³-hybridized carbons (Fsp3) is 0.300. The molecule has 1 N–H and O–H groups in total. The van der Waals surface area contributed by atoms with Gasteiger partial charge in [0.1, 0.15) is 5.82 Å². The minimum atomic E-state index is -0.271. The third-order valence-corrected chi connectivity index (χ3v) is 4.77. The standard InChI is InChI=1S/C20H21N5O2/c1-13(2)8-10-24-16-6-4-3-5-14(16)19(26)23-18(24)12-25-17-11-21-9-7-15(17)22-20(25)27/h3-7,9,11,13H,8,10,12H2,1-2H3,(H,22,27). The van der Waals surface area contributed by atoms with Gasteiger partial charge in [0.05, 0.1) is 34.7 Å². The molecule has 0 saturated heterocycles. The SMILES string of the molecule is CC(C)CCn1c(Cn2c(=O)[nH]c3ccncc32)nc(=O)c2ccccc21. The first-order chi connectivity index (χ1) is 13.0. The molecular weight excluding hydrogens is 342 g/mol. The van der Waals surface area contributed by atoms with Crippen molar-refractivity contribution in [2.45, 2.75) is 33.4 Å². The maximum absolute atomic E-state index is 12.5. The van der Waals surface area contributed by atoms with Crippen LogP contribution in [0.15, 0.2) is 52.3 Å². The number of rotatable bonds is 5. The van der Waals surface area contributed by atoms with Crippen molar-refractivity contribution in [3.05, 3.63) is 69.4 Å². The lowest BCUT2D eigenvalue weighted by Crippen LogP contribution is -2.25. The molecule has 138 valence electrons. The first kappa shape index (κ1) is 17.2. The van der Waals surface area contributed by atoms with Gasteiger partial charge in [-0.1, -0.05) is 26.0 Å². The number of aromatic nitrogens is 5. The smallest absolute Gasteiger partial charge is 0.326 e. The highest BCUT2D eigenvalue weighted by Crippen LogP contribution is 2.16. The Morgan fingerprint density at radius 3 is 2.70 bits per heavy atom. The van der Waals surface area contributed by atoms with E-state index in [1.807, 2.05) is 18.2 Å². The summed E-state index contributed by atoms with van der Waals surface area (Å²) in [7, 11) is 0. The molecule has 7 heteroatoms. The molecule has 0 bridgehead atoms. The molecule has 27 heavy (non-hydrogen) atoms. The van der Waals surface area contributed by atoms with Crippen molar-refractivity contribution >= 4 is 21.9 Å². The predicted octanol–water partition coefficient (Wildman–Crippen LogP) is 2.53. The molecule has 0 amide bonds. The minimum Gasteiger partial charge on any atom is -0.327 e. The van der Waals surface area contributed by atoms with E-state index >= 15 is 0 Å². The number of para-hydroxylation sites is 1. The van der Waals surface area contributed by atoms with Crippen molar-refractivity contribution in [1.82, 2.24) is 24.1 Å². The average Bonchev–Trinajstić information content (AvgIpc) is 2.97. The quantitative estimate of drug-likeness (QED) is 0.590. The molecule has 0 saturated carbocycles. The molecule has 3 aromatic heterocycles. The second-order valence-electron chi connectivity index (χ2n) is 7.09. The van der Waals surface area contributed by atoms with Crippen LogP contribution < -0.4 is 11.2 Å². The molecule has 0 aliphatic carbocycles. The third-order valence-electron chi connectivity index (χ3n) is 4.77. The van der Waals surface area contributed by atoms with Gasteiger partial charge in [0.15, 0.2) is 0 Å². The summed E-state index contributed by atoms with van der Waals surface area (Å²) in [5.74, 6) is 1.09. The summed E-state index contributed by atoms with van der Waals surface area (Å²) >= 11 is 0. The van der Waals surface area contributed by atoms with E-state index in [0.717, 1.165) is 18.5 Å². The Kier molecular flexibility index (Phi) is 4.35. The molecule has 4 rings (SSSR count). The van der Waals surface area contributed by atoms with Gasteiger partial charge in [-0.15, -0.1) is 0 Å². The van der Waals surface area contributed by atoms with Gasteiger partial charge in [-0.25, -0.2) is 4.79 Å². The van der Waals surface area contributed by atoms with Crippen LogP contribution in [-0.4, -0.2) is 24.1 Å². The molecule has 0 aliphatic heterocycles. The van der Waals surface area contributed by atoms with Crippen molar-refractivity contribution in [2.75, 3.05) is 0 Å². The summed E-state index contributed by atoms with van der Waals surface area (Å²) < 4.78 is 3.63. The lowest BCUT2D eigenvalue weighted by molar-refractivity contribution is 0.502. The Balaban J connectivity index is 1.89. The molecule has 4 aromatic rings. The highest BCUT2D eigenvalue weighted by molar-refractivity contribution is 5.78. The average molecular weight is 363 g/mol. The first-order valence-electron chi connectivity index (χ1n) is 9.05. The van der Waals surface area contributed by atoms with Crippen LogP contribution in [0.3, 0.4) is 0 Å². The van der Waals surface area contributed by atoms with E-state index in [9.17, 15) is 9.59 Å². The van der Waals surface area contributed by atoms with Crippen molar-refractivity contribution in [3.63, 3.8) is 0 Å². The van der Waals surface area contributed by atoms with Gasteiger partial charge in [0, 0.05) is 12.7 Å². The molecule has 0 atom stereocenters. The van der Waals surface area contributed by atoms with Gasteiger partial charge in [-0.05, 0) is 30.5 Å². The fourth-order valence-electron chi connectivity index (χ4n) is 3.32. The predicted molar refractivity (Wildman–Crippen MR) is 105 cm³/mol. The van der Waals surface area contributed by atoms with Crippen LogP contribution in [0.4, 0.5) is 0 Å². The number of imidazole rings is 1. The molecule has 7 nitrogen and oxygen atoms in total. The number of benzene rings is 1. The van der Waals surface area contributed by atoms with Crippen molar-refractivity contribution < 1.29 is 0 Å². The summed E-state index contributed by atoms with van der Waals surface area (Å²) in [4.78, 5) is 36.2. The first-order valence-corrected chi connectivity index (χ1v) is 9.05. The van der Waals surface area contributed by atoms with Gasteiger partial charge < -0.3 is 9.55 Å². The minimum absolute atomic E-state index is 0.211. The Morgan fingerprint density at radius 2 is 1.89 bits per heavy atom. The zero-order chi connectivity index (χ0) is 19.0. The number of hydrogen-bond acceptors (Lipinski definition) is 4. The summed E-state index contributed by atoms with van der Waals surface area (Å²) in [6, 6.07) is 9.24. The van der Waals surface area contributed by atoms with Gasteiger partial charge in [0.2, 0.25) is 0 Å². The van der Waals surface area contributed by atoms with Crippen LogP contribution in [0.5, 0.6) is 0 Å². The molecule has 0 radical (unpaired) electrons. The summed E-state index contributed by atoms with van der Waals surface area (Å²) in [6.07, 6.45) is 4.23. The van der Waals surface area contributed by atoms with E-state index < -0.39 is 0 Å². The zero-order valence-electron chi connectivity index (χ0n) is 15.3. The van der Waals surface area contributed by atoms with Gasteiger partial charge in [0.25, 0.3) is 5.56 Å². The van der Waals surface area contributed by atoms with Crippen molar-refractivity contribution in [3.8, 4) is 0 Å². The maximum Gasteiger partial charge on any atom is 0.326 e. The number of fused-ring (bicyclic) bond motifs is 2. The Labute approximate surface area is 155 Å². The summed E-state index contributed by atoms with van der Waals surface area (Å²) in [5.41, 5.74) is 1.74. The van der Waals surface area contributed by atoms with E-state index in [4.69, 9.17) is 0 Å². The van der Waals surface area contributed by atoms with Crippen molar-refractivity contribution in [1.29, 1.82) is 0 Å². The van der Waals surface area contributed by atoms with Gasteiger partial charge in [-0.2, -0.15) is 4.98 Å². The Hall–Kier alpha value is -3.22. The lowest BCUT2D eigenvalue weighted by atomic mass is 10.1. The van der Waals surface area contributed by atoms with E-state index in [2.05, 4.69) is 33.4 Å². The van der Waals surface area contributed by atoms with E-state index in [0.29, 0.717) is 28.2 Å². The molecule has 0 unspecified atom stereocenters. The van der Waals surface area contributed by atoms with Gasteiger partial charge >= 0.3 is 5.69 Å². The molecular formula is C20H21N5O2. The zero-order valence-corrected chi connectivity index (χ0v) is 15.3. The van der Waals surface area contributed by atoms with Crippen LogP contribution in [0.2, 0.25) is 0 Å².